The van der Waals surface area contributed by atoms with E-state index in [2.05, 4.69) is 30.1 Å². The quantitative estimate of drug-likeness (QED) is 0.606. The third kappa shape index (κ3) is 7.43. The standard InChI is InChI=1S/C28H40N4O4/c1-20(2)10-11-31-18-23(26(34)29-28(3,4)5)25(33)24(19-31)27(35)32-14-12-30(13-15-32)17-21-8-7-9-22(16-21)36-6/h7-9,16,18-20H,10-15,17H2,1-6H3,(H,29,34). The van der Waals surface area contributed by atoms with E-state index in [-0.39, 0.29) is 17.0 Å². The molecule has 3 rings (SSSR count). The monoisotopic (exact) mass is 496 g/mol. The van der Waals surface area contributed by atoms with Crippen molar-refractivity contribution >= 4 is 11.8 Å². The molecule has 0 spiro atoms. The number of benzene rings is 1. The fourth-order valence-corrected chi connectivity index (χ4v) is 4.20. The van der Waals surface area contributed by atoms with Crippen LogP contribution in [0.4, 0.5) is 0 Å². The molecule has 1 fully saturated rings. The van der Waals surface area contributed by atoms with E-state index >= 15 is 0 Å². The van der Waals surface area contributed by atoms with Crippen LogP contribution in [0.5, 0.6) is 5.75 Å². The maximum Gasteiger partial charge on any atom is 0.259 e. The summed E-state index contributed by atoms with van der Waals surface area (Å²) in [6, 6.07) is 7.98. The first-order chi connectivity index (χ1) is 17.0. The highest BCUT2D eigenvalue weighted by atomic mass is 16.5. The smallest absolute Gasteiger partial charge is 0.259 e. The lowest BCUT2D eigenvalue weighted by atomic mass is 10.1. The molecular formula is C28H40N4O4. The SMILES string of the molecule is COc1cccc(CN2CCN(C(=O)c3cn(CCC(C)C)cc(C(=O)NC(C)(C)C)c3=O)CC2)c1. The molecule has 8 nitrogen and oxygen atoms in total. The van der Waals surface area contributed by atoms with Crippen LogP contribution < -0.4 is 15.5 Å². The molecule has 2 heterocycles. The van der Waals surface area contributed by atoms with Gasteiger partial charge in [-0.2, -0.15) is 0 Å². The highest BCUT2D eigenvalue weighted by molar-refractivity contribution is 5.99. The zero-order valence-corrected chi connectivity index (χ0v) is 22.5. The number of hydrogen-bond donors (Lipinski definition) is 1. The van der Waals surface area contributed by atoms with Gasteiger partial charge in [0.15, 0.2) is 0 Å². The molecule has 0 unspecified atom stereocenters. The van der Waals surface area contributed by atoms with E-state index < -0.39 is 16.9 Å². The number of carbonyl (C=O) groups excluding carboxylic acids is 2. The maximum absolute atomic E-state index is 13.5. The summed E-state index contributed by atoms with van der Waals surface area (Å²) in [6.07, 6.45) is 4.07. The number of nitrogens with one attached hydrogen (secondary N) is 1. The van der Waals surface area contributed by atoms with E-state index in [1.807, 2.05) is 43.5 Å². The molecule has 1 saturated heterocycles. The maximum atomic E-state index is 13.5. The number of hydrogen-bond acceptors (Lipinski definition) is 5. The number of aryl methyl sites for hydroxylation is 1. The Hall–Kier alpha value is -3.13. The van der Waals surface area contributed by atoms with Crippen LogP contribution >= 0.6 is 0 Å². The van der Waals surface area contributed by atoms with Crippen LogP contribution in [-0.4, -0.2) is 65.0 Å². The first-order valence-electron chi connectivity index (χ1n) is 12.7. The summed E-state index contributed by atoms with van der Waals surface area (Å²) in [4.78, 5) is 43.7. The van der Waals surface area contributed by atoms with Gasteiger partial charge in [-0.15, -0.1) is 0 Å². The minimum atomic E-state index is -0.513. The third-order valence-electron chi connectivity index (χ3n) is 6.21. The largest absolute Gasteiger partial charge is 0.497 e. The second-order valence-corrected chi connectivity index (χ2v) is 11.0. The molecule has 1 aliphatic heterocycles. The molecule has 0 atom stereocenters. The highest BCUT2D eigenvalue weighted by Gasteiger charge is 2.27. The van der Waals surface area contributed by atoms with Crippen molar-refractivity contribution in [2.45, 2.75) is 59.7 Å². The zero-order chi connectivity index (χ0) is 26.5. The Balaban J connectivity index is 1.77. The molecule has 36 heavy (non-hydrogen) atoms. The summed E-state index contributed by atoms with van der Waals surface area (Å²) in [5.41, 5.74) is 0.213. The molecule has 1 N–H and O–H groups in total. The Morgan fingerprint density at radius 3 is 2.33 bits per heavy atom. The lowest BCUT2D eigenvalue weighted by Crippen LogP contribution is -2.49. The van der Waals surface area contributed by atoms with Gasteiger partial charge in [-0.25, -0.2) is 0 Å². The van der Waals surface area contributed by atoms with Crippen LogP contribution in [0.25, 0.3) is 0 Å². The van der Waals surface area contributed by atoms with Crippen LogP contribution in [0.1, 0.15) is 67.3 Å². The molecule has 196 valence electrons. The molecule has 2 aromatic rings. The fraction of sp³-hybridized carbons (Fsp3) is 0.536. The number of amides is 2. The minimum absolute atomic E-state index is 0.0104. The summed E-state index contributed by atoms with van der Waals surface area (Å²) in [5, 5.41) is 2.86. The first-order valence-corrected chi connectivity index (χ1v) is 12.7. The number of piperazine rings is 1. The van der Waals surface area contributed by atoms with Crippen molar-refractivity contribution in [2.75, 3.05) is 33.3 Å². The first kappa shape index (κ1) is 27.5. The number of aromatic nitrogens is 1. The summed E-state index contributed by atoms with van der Waals surface area (Å²) >= 11 is 0. The Morgan fingerprint density at radius 2 is 1.72 bits per heavy atom. The highest BCUT2D eigenvalue weighted by Crippen LogP contribution is 2.16. The van der Waals surface area contributed by atoms with Gasteiger partial charge >= 0.3 is 0 Å². The molecular weight excluding hydrogens is 456 g/mol. The van der Waals surface area contributed by atoms with Gasteiger partial charge in [0.2, 0.25) is 5.43 Å². The van der Waals surface area contributed by atoms with Gasteiger partial charge in [-0.3, -0.25) is 19.3 Å². The van der Waals surface area contributed by atoms with Crippen molar-refractivity contribution in [3.05, 3.63) is 63.6 Å². The van der Waals surface area contributed by atoms with Gasteiger partial charge in [0.25, 0.3) is 11.8 Å². The third-order valence-corrected chi connectivity index (χ3v) is 6.21. The molecule has 1 aliphatic rings. The van der Waals surface area contributed by atoms with E-state index in [0.29, 0.717) is 38.6 Å². The van der Waals surface area contributed by atoms with Crippen LogP contribution in [0, 0.1) is 5.92 Å². The molecule has 1 aromatic heterocycles. The lowest BCUT2D eigenvalue weighted by Gasteiger charge is -2.34. The van der Waals surface area contributed by atoms with Crippen LogP contribution in [0.3, 0.4) is 0 Å². The van der Waals surface area contributed by atoms with Crippen molar-refractivity contribution in [3.63, 3.8) is 0 Å². The summed E-state index contributed by atoms with van der Waals surface area (Å²) in [7, 11) is 1.65. The molecule has 0 bridgehead atoms. The lowest BCUT2D eigenvalue weighted by molar-refractivity contribution is 0.0626. The Kier molecular flexibility index (Phi) is 8.95. The van der Waals surface area contributed by atoms with Gasteiger partial charge in [-0.05, 0) is 50.8 Å². The van der Waals surface area contributed by atoms with Crippen LogP contribution in [0.15, 0.2) is 41.5 Å². The van der Waals surface area contributed by atoms with Crippen LogP contribution in [0.2, 0.25) is 0 Å². The predicted octanol–water partition coefficient (Wildman–Crippen LogP) is 3.39. The summed E-state index contributed by atoms with van der Waals surface area (Å²) in [6.45, 7) is 13.7. The second kappa shape index (κ2) is 11.7. The van der Waals surface area contributed by atoms with Gasteiger partial charge in [0.05, 0.1) is 7.11 Å². The van der Waals surface area contributed by atoms with E-state index in [0.717, 1.165) is 24.3 Å². The topological polar surface area (TPSA) is 83.9 Å². The number of methoxy groups -OCH3 is 1. The summed E-state index contributed by atoms with van der Waals surface area (Å²) < 4.78 is 7.12. The number of nitrogens with zero attached hydrogens (tertiary/aromatic N) is 3. The van der Waals surface area contributed by atoms with Gasteiger partial charge in [-0.1, -0.05) is 26.0 Å². The minimum Gasteiger partial charge on any atom is -0.497 e. The number of ether oxygens (including phenoxy) is 1. The molecule has 1 aromatic carbocycles. The Bertz CT molecular complexity index is 1130. The Labute approximate surface area is 214 Å². The van der Waals surface area contributed by atoms with E-state index in [1.165, 1.54) is 0 Å². The second-order valence-electron chi connectivity index (χ2n) is 11.0. The average molecular weight is 497 g/mol. The average Bonchev–Trinajstić information content (AvgIpc) is 2.82. The van der Waals surface area contributed by atoms with Crippen molar-refractivity contribution in [1.82, 2.24) is 19.7 Å². The van der Waals surface area contributed by atoms with E-state index in [9.17, 15) is 14.4 Å². The van der Waals surface area contributed by atoms with Gasteiger partial charge in [0, 0.05) is 57.2 Å². The van der Waals surface area contributed by atoms with Crippen molar-refractivity contribution < 1.29 is 14.3 Å². The molecule has 0 saturated carbocycles. The van der Waals surface area contributed by atoms with Crippen LogP contribution in [-0.2, 0) is 13.1 Å². The number of carbonyl (C=O) groups is 2. The van der Waals surface area contributed by atoms with Gasteiger partial charge < -0.3 is 19.5 Å². The number of rotatable bonds is 8. The Morgan fingerprint density at radius 1 is 1.06 bits per heavy atom. The molecule has 2 amide bonds. The zero-order valence-electron chi connectivity index (χ0n) is 22.5. The van der Waals surface area contributed by atoms with E-state index in [1.54, 1.807) is 24.4 Å². The van der Waals surface area contributed by atoms with Crippen molar-refractivity contribution in [3.8, 4) is 5.75 Å². The normalized spacial score (nSPS) is 14.7. The summed E-state index contributed by atoms with van der Waals surface area (Å²) in [5.74, 6) is 0.506. The van der Waals surface area contributed by atoms with Gasteiger partial charge in [0.1, 0.15) is 16.9 Å². The molecule has 8 heteroatoms. The number of pyridine rings is 1. The van der Waals surface area contributed by atoms with E-state index in [4.69, 9.17) is 4.74 Å². The predicted molar refractivity (Wildman–Crippen MR) is 142 cm³/mol. The van der Waals surface area contributed by atoms with Crippen molar-refractivity contribution in [2.24, 2.45) is 5.92 Å². The molecule has 0 aliphatic carbocycles. The fourth-order valence-electron chi connectivity index (χ4n) is 4.20. The molecule has 0 radical (unpaired) electrons. The van der Waals surface area contributed by atoms with Crippen molar-refractivity contribution in [1.29, 1.82) is 0 Å².